The maximum atomic E-state index is 12.3. The van der Waals surface area contributed by atoms with Gasteiger partial charge in [-0.2, -0.15) is 0 Å². The van der Waals surface area contributed by atoms with Crippen molar-refractivity contribution in [2.75, 3.05) is 103 Å². The lowest BCUT2D eigenvalue weighted by molar-refractivity contribution is -0.156. The SMILES string of the molecule is CB(O)N[C@H](CC(=O)OC(C)(C)C)Cc1cc(N(CCO)CCCl)ccc1C.CB(O)N[C@H](CC(=O)OC(C)(C)C)Cc1cc(N)ccc1C.CB(O)N[C@H](CC(=O)OC(C)(C)C)Cc1cc(NCCO)ccc1C.Cc1ccc(N(CCO)CCCl)cc1C[C@H](N)CC(=O)O.O=CCCl.OCCBr. The van der Waals surface area contributed by atoms with Gasteiger partial charge in [0.1, 0.15) is 23.1 Å². The normalized spacial score (nSPS) is 12.1. The van der Waals surface area contributed by atoms with E-state index in [1.807, 2.05) is 167 Å². The number of halogens is 4. The van der Waals surface area contributed by atoms with E-state index in [9.17, 15) is 39.4 Å². The van der Waals surface area contributed by atoms with Crippen LogP contribution in [0.3, 0.4) is 0 Å². The number of carboxylic acid groups (broad SMARTS) is 1. The lowest BCUT2D eigenvalue weighted by atomic mass is 9.85. The van der Waals surface area contributed by atoms with Crippen molar-refractivity contribution in [2.45, 2.75) is 203 Å². The van der Waals surface area contributed by atoms with Crippen molar-refractivity contribution in [1.82, 2.24) is 15.7 Å². The highest BCUT2D eigenvalue weighted by atomic mass is 79.9. The zero-order chi connectivity index (χ0) is 79.9. The molecule has 104 heavy (non-hydrogen) atoms. The van der Waals surface area contributed by atoms with Crippen LogP contribution in [0.2, 0.25) is 20.5 Å². The van der Waals surface area contributed by atoms with Gasteiger partial charge in [-0.05, 0) is 229 Å². The molecule has 4 rings (SSSR count). The van der Waals surface area contributed by atoms with Crippen molar-refractivity contribution in [3.8, 4) is 0 Å². The summed E-state index contributed by atoms with van der Waals surface area (Å²) < 4.78 is 16.2. The molecule has 0 saturated heterocycles. The number of benzene rings is 4. The van der Waals surface area contributed by atoms with Gasteiger partial charge in [-0.15, -0.1) is 34.8 Å². The number of nitrogen functional groups attached to an aromatic ring is 1. The number of rotatable bonds is 37. The van der Waals surface area contributed by atoms with E-state index in [1.54, 1.807) is 20.5 Å². The first-order valence-electron chi connectivity index (χ1n) is 35.0. The number of aliphatic carboxylic acids is 1. The lowest BCUT2D eigenvalue weighted by Crippen LogP contribution is -2.43. The number of aldehydes is 1. The molecule has 0 aliphatic rings. The molecule has 4 atom stereocenters. The predicted molar refractivity (Wildman–Crippen MR) is 431 cm³/mol. The molecule has 0 spiro atoms. The van der Waals surface area contributed by atoms with Crippen LogP contribution in [0.15, 0.2) is 72.8 Å². The summed E-state index contributed by atoms with van der Waals surface area (Å²) in [7, 11) is -2.16. The van der Waals surface area contributed by atoms with E-state index in [0.717, 1.165) is 61.6 Å². The summed E-state index contributed by atoms with van der Waals surface area (Å²) in [4.78, 5) is 60.2. The summed E-state index contributed by atoms with van der Waals surface area (Å²) in [5, 5.41) is 85.9. The minimum absolute atomic E-state index is 0.0466. The van der Waals surface area contributed by atoms with Gasteiger partial charge in [0.2, 0.25) is 0 Å². The van der Waals surface area contributed by atoms with Crippen LogP contribution in [-0.4, -0.2) is 215 Å². The van der Waals surface area contributed by atoms with Gasteiger partial charge in [-0.3, -0.25) is 19.2 Å². The van der Waals surface area contributed by atoms with Crippen LogP contribution in [0.1, 0.15) is 133 Å². The Hall–Kier alpha value is -5.27. The number of hydrogen-bond donors (Lipinski definition) is 14. The number of carboxylic acids is 1. The third-order valence-corrected chi connectivity index (χ3v) is 15.2. The van der Waals surface area contributed by atoms with Gasteiger partial charge in [0.15, 0.2) is 0 Å². The van der Waals surface area contributed by atoms with Gasteiger partial charge in [0, 0.05) is 96.7 Å². The average Bonchev–Trinajstić information content (AvgIpc) is 0.785. The van der Waals surface area contributed by atoms with Crippen molar-refractivity contribution in [1.29, 1.82) is 0 Å². The van der Waals surface area contributed by atoms with Gasteiger partial charge in [0.25, 0.3) is 0 Å². The first-order valence-corrected chi connectivity index (χ1v) is 37.7. The summed E-state index contributed by atoms with van der Waals surface area (Å²) in [6, 6.07) is 22.6. The fourth-order valence-corrected chi connectivity index (χ4v) is 10.6. The Morgan fingerprint density at radius 3 is 1.15 bits per heavy atom. The number of nitrogens with zero attached hydrogens (tertiary/aromatic N) is 2. The molecule has 0 bridgehead atoms. The zero-order valence-corrected chi connectivity index (χ0v) is 68.2. The van der Waals surface area contributed by atoms with Crippen molar-refractivity contribution in [3.05, 3.63) is 117 Å². The van der Waals surface area contributed by atoms with E-state index in [4.69, 9.17) is 85.7 Å². The molecule has 0 amide bonds. The number of carbonyl (C=O) groups is 5. The number of hydrogen-bond acceptors (Lipinski definition) is 23. The summed E-state index contributed by atoms with van der Waals surface area (Å²) in [5.41, 5.74) is 22.3. The molecule has 588 valence electrons. The molecule has 0 heterocycles. The summed E-state index contributed by atoms with van der Waals surface area (Å²) in [6.45, 7) is 32.6. The molecule has 0 saturated carbocycles. The molecular weight excluding hydrogens is 1460 g/mol. The second-order valence-corrected chi connectivity index (χ2v) is 29.8. The number of anilines is 4. The van der Waals surface area contributed by atoms with E-state index in [2.05, 4.69) is 43.0 Å². The number of ether oxygens (including phenoxy) is 3. The number of aryl methyl sites for hydroxylation is 4. The van der Waals surface area contributed by atoms with Crippen LogP contribution in [-0.2, 0) is 63.9 Å². The first-order chi connectivity index (χ1) is 48.5. The lowest BCUT2D eigenvalue weighted by Gasteiger charge is -2.26. The Morgan fingerprint density at radius 1 is 0.529 bits per heavy atom. The fourth-order valence-electron chi connectivity index (χ4n) is 10.2. The predicted octanol–water partition coefficient (Wildman–Crippen LogP) is 8.21. The van der Waals surface area contributed by atoms with E-state index >= 15 is 0 Å². The highest BCUT2D eigenvalue weighted by Gasteiger charge is 2.27. The smallest absolute Gasteiger partial charge is 0.373 e. The van der Waals surface area contributed by atoms with Gasteiger partial charge in [0.05, 0.1) is 58.0 Å². The maximum absolute atomic E-state index is 12.3. The van der Waals surface area contributed by atoms with E-state index < -0.39 is 50.0 Å². The number of nitrogens with one attached hydrogen (secondary N) is 4. The number of alkyl halides is 4. The van der Waals surface area contributed by atoms with Crippen molar-refractivity contribution >= 4 is 125 Å². The summed E-state index contributed by atoms with van der Waals surface area (Å²) >= 11 is 19.5. The Bertz CT molecular complexity index is 3050. The number of esters is 3. The van der Waals surface area contributed by atoms with Crippen molar-refractivity contribution in [3.63, 3.8) is 0 Å². The topological polar surface area (TPSA) is 382 Å². The Labute approximate surface area is 644 Å². The van der Waals surface area contributed by atoms with Crippen LogP contribution in [0, 0.1) is 27.7 Å². The first kappa shape index (κ1) is 101. The molecule has 0 radical (unpaired) electrons. The van der Waals surface area contributed by atoms with Crippen LogP contribution in [0.5, 0.6) is 0 Å². The van der Waals surface area contributed by atoms with Crippen LogP contribution in [0.25, 0.3) is 0 Å². The maximum Gasteiger partial charge on any atom is 0.373 e. The number of aliphatic hydroxyl groups excluding tert-OH is 4. The monoisotopic (exact) mass is 1580 g/mol. The number of carbonyl (C=O) groups excluding carboxylic acids is 4. The minimum Gasteiger partial charge on any atom is -0.481 e. The standard InChI is InChI=1S/C20H34BClN2O4.C18H31BN2O4.C16H27BN2O3.C15H23ClN2O3.C2H5BrO.C2H3ClO/c1-15-6-7-18(24(9-8-22)10-11-25)13-16(15)12-17(23-21(5)27)14-19(26)28-20(2,3)4;1-13-6-7-15(20-8-9-22)10-14(13)11-16(21-19(5)24)12-17(23)25-18(2,3)4;1-11-6-7-13(18)8-12(11)9-14(19-17(5)21)10-15(20)22-16(2,3)4;1-11-2-3-14(18(5-4-16)6-7-19)9-12(11)8-13(17)10-15(20)21;2*3-1-2-4/h6-7,13,17,23,25,27H,8-12,14H2,1-5H3;6-7,10,16,20-22,24H,8-9,11-12H2,1-5H3;6-8,14,19,21H,9-10,18H2,1-5H3;2-3,9,13,19H,4-8,10,17H2,1H3,(H,20,21);4H,1-2H2;2H,1H2/t17-;16-;14-;13-;;/m0000../s1. The summed E-state index contributed by atoms with van der Waals surface area (Å²) in [6.07, 6.45) is 3.39. The Kier molecular flexibility index (Phi) is 53.5. The molecule has 0 aromatic heterocycles. The molecule has 24 nitrogen and oxygen atoms in total. The van der Waals surface area contributed by atoms with Crippen molar-refractivity contribution in [2.24, 2.45) is 5.73 Å². The van der Waals surface area contributed by atoms with Crippen LogP contribution >= 0.6 is 50.7 Å². The van der Waals surface area contributed by atoms with Crippen molar-refractivity contribution < 1.29 is 78.8 Å². The van der Waals surface area contributed by atoms with Gasteiger partial charge in [-0.1, -0.05) is 40.2 Å². The Balaban J connectivity index is 0. The van der Waals surface area contributed by atoms with Crippen LogP contribution in [0.4, 0.5) is 22.7 Å². The van der Waals surface area contributed by atoms with E-state index in [0.29, 0.717) is 87.5 Å². The van der Waals surface area contributed by atoms with Crippen LogP contribution < -0.4 is 42.3 Å². The molecule has 16 N–H and O–H groups in total. The molecule has 0 unspecified atom stereocenters. The third-order valence-electron chi connectivity index (χ3n) is 14.4. The highest BCUT2D eigenvalue weighted by molar-refractivity contribution is 9.09. The second kappa shape index (κ2) is 55.2. The Morgan fingerprint density at radius 2 is 0.856 bits per heavy atom. The second-order valence-electron chi connectivity index (χ2n) is 27.9. The molecule has 31 heteroatoms. The number of nitrogens with two attached hydrogens (primary N) is 2. The van der Waals surface area contributed by atoms with Gasteiger partial charge >= 0.3 is 45.0 Å². The quantitative estimate of drug-likeness (QED) is 0.00505. The molecule has 0 aliphatic heterocycles. The molecule has 0 fully saturated rings. The average molecular weight is 1590 g/mol. The third kappa shape index (κ3) is 51.1. The largest absolute Gasteiger partial charge is 0.481 e. The molecular formula is C73H123B3BrCl3N8O16. The molecule has 0 aliphatic carbocycles. The highest BCUT2D eigenvalue weighted by Crippen LogP contribution is 2.25. The number of aliphatic hydroxyl groups is 4. The molecule has 4 aromatic carbocycles. The van der Waals surface area contributed by atoms with Gasteiger partial charge < -0.3 is 102 Å². The minimum atomic E-state index is -0.889. The fraction of sp³-hybridized carbons (Fsp3) is 0.603. The summed E-state index contributed by atoms with van der Waals surface area (Å²) in [5.74, 6) is -0.718. The van der Waals surface area contributed by atoms with E-state index in [1.165, 1.54) is 0 Å². The van der Waals surface area contributed by atoms with E-state index in [-0.39, 0.29) is 94.0 Å². The van der Waals surface area contributed by atoms with Gasteiger partial charge in [-0.25, -0.2) is 0 Å². The molecule has 4 aromatic rings. The zero-order valence-electron chi connectivity index (χ0n) is 64.3.